The lowest BCUT2D eigenvalue weighted by atomic mass is 10.2. The number of benzene rings is 1. The Kier molecular flexibility index (Phi) is 7.73. The summed E-state index contributed by atoms with van der Waals surface area (Å²) in [5, 5.41) is 12.9. The molecule has 1 atom stereocenters. The predicted molar refractivity (Wildman–Crippen MR) is 94.5 cm³/mol. The van der Waals surface area contributed by atoms with Gasteiger partial charge in [0.25, 0.3) is 0 Å². The minimum atomic E-state index is -0.676. The summed E-state index contributed by atoms with van der Waals surface area (Å²) in [6.45, 7) is 1.54. The predicted octanol–water partition coefficient (Wildman–Crippen LogP) is 1.11. The zero-order chi connectivity index (χ0) is 17.0. The summed E-state index contributed by atoms with van der Waals surface area (Å²) >= 11 is 0. The van der Waals surface area contributed by atoms with Gasteiger partial charge in [0.2, 0.25) is 0 Å². The van der Waals surface area contributed by atoms with Gasteiger partial charge in [0.05, 0.1) is 25.9 Å². The Morgan fingerprint density at radius 2 is 2.00 bits per heavy atom. The smallest absolute Gasteiger partial charge is 0.188 e. The molecule has 24 heavy (non-hydrogen) atoms. The number of guanidine groups is 1. The van der Waals surface area contributed by atoms with Gasteiger partial charge in [-0.3, -0.25) is 9.98 Å². The molecule has 0 aliphatic carbocycles. The van der Waals surface area contributed by atoms with E-state index in [0.717, 1.165) is 17.7 Å². The highest BCUT2D eigenvalue weighted by Gasteiger charge is 2.04. The second-order valence-electron chi connectivity index (χ2n) is 5.38. The lowest BCUT2D eigenvalue weighted by Gasteiger charge is -2.10. The number of aliphatic hydroxyl groups excluding tert-OH is 1. The van der Waals surface area contributed by atoms with Gasteiger partial charge in [-0.2, -0.15) is 0 Å². The number of hydrogen-bond acceptors (Lipinski definition) is 4. The zero-order valence-electron chi connectivity index (χ0n) is 13.6. The van der Waals surface area contributed by atoms with Crippen molar-refractivity contribution in [2.75, 3.05) is 19.7 Å². The molecule has 0 aliphatic rings. The van der Waals surface area contributed by atoms with Crippen LogP contribution in [0.5, 0.6) is 0 Å². The molecule has 2 rings (SSSR count). The monoisotopic (exact) mass is 328 g/mol. The minimum absolute atomic E-state index is 0.206. The molecule has 0 aliphatic heterocycles. The molecule has 1 heterocycles. The van der Waals surface area contributed by atoms with Crippen LogP contribution in [-0.4, -0.2) is 41.9 Å². The lowest BCUT2D eigenvalue weighted by molar-refractivity contribution is 0.0331. The van der Waals surface area contributed by atoms with Gasteiger partial charge in [0.1, 0.15) is 0 Å². The molecular weight excluding hydrogens is 304 g/mol. The number of aliphatic hydroxyl groups is 1. The van der Waals surface area contributed by atoms with Crippen LogP contribution < -0.4 is 11.1 Å². The Labute approximate surface area is 142 Å². The quantitative estimate of drug-likeness (QED) is 0.474. The molecule has 128 valence electrons. The van der Waals surface area contributed by atoms with Crippen molar-refractivity contribution < 1.29 is 9.84 Å². The molecule has 6 heteroatoms. The molecule has 2 aromatic rings. The molecule has 0 saturated carbocycles. The maximum absolute atomic E-state index is 9.85. The SMILES string of the molecule is NC(=NCC(O)COCc1ccccc1)NCCc1ccccn1. The molecule has 1 aromatic carbocycles. The van der Waals surface area contributed by atoms with E-state index in [1.54, 1.807) is 6.20 Å². The van der Waals surface area contributed by atoms with E-state index in [-0.39, 0.29) is 13.2 Å². The Bertz CT molecular complexity index is 605. The van der Waals surface area contributed by atoms with Crippen molar-refractivity contribution in [2.45, 2.75) is 19.1 Å². The van der Waals surface area contributed by atoms with Crippen LogP contribution in [0.1, 0.15) is 11.3 Å². The lowest BCUT2D eigenvalue weighted by Crippen LogP contribution is -2.34. The average molecular weight is 328 g/mol. The van der Waals surface area contributed by atoms with Crippen LogP contribution in [0.4, 0.5) is 0 Å². The van der Waals surface area contributed by atoms with Crippen LogP contribution in [0.2, 0.25) is 0 Å². The van der Waals surface area contributed by atoms with E-state index < -0.39 is 6.10 Å². The number of hydrogen-bond donors (Lipinski definition) is 3. The number of pyridine rings is 1. The number of aliphatic imine (C=N–C) groups is 1. The molecule has 0 radical (unpaired) electrons. The summed E-state index contributed by atoms with van der Waals surface area (Å²) in [7, 11) is 0. The van der Waals surface area contributed by atoms with E-state index in [0.29, 0.717) is 19.1 Å². The van der Waals surface area contributed by atoms with Crippen molar-refractivity contribution >= 4 is 5.96 Å². The van der Waals surface area contributed by atoms with E-state index in [1.165, 1.54) is 0 Å². The molecular formula is C18H24N4O2. The van der Waals surface area contributed by atoms with Gasteiger partial charge < -0.3 is 20.9 Å². The molecule has 0 spiro atoms. The first-order valence-corrected chi connectivity index (χ1v) is 7.97. The Morgan fingerprint density at radius 1 is 1.21 bits per heavy atom. The summed E-state index contributed by atoms with van der Waals surface area (Å²) in [5.74, 6) is 0.313. The Hall–Kier alpha value is -2.44. The molecule has 6 nitrogen and oxygen atoms in total. The fourth-order valence-corrected chi connectivity index (χ4v) is 2.06. The number of ether oxygens (including phenoxy) is 1. The molecule has 0 saturated heterocycles. The van der Waals surface area contributed by atoms with Crippen molar-refractivity contribution in [1.82, 2.24) is 10.3 Å². The van der Waals surface area contributed by atoms with Crippen molar-refractivity contribution in [1.29, 1.82) is 0 Å². The van der Waals surface area contributed by atoms with Gasteiger partial charge in [-0.1, -0.05) is 36.4 Å². The number of nitrogens with two attached hydrogens (primary N) is 1. The summed E-state index contributed by atoms with van der Waals surface area (Å²) in [6, 6.07) is 15.6. The van der Waals surface area contributed by atoms with Crippen molar-refractivity contribution in [3.8, 4) is 0 Å². The van der Waals surface area contributed by atoms with Crippen LogP contribution in [-0.2, 0) is 17.8 Å². The maximum Gasteiger partial charge on any atom is 0.188 e. The maximum atomic E-state index is 9.85. The van der Waals surface area contributed by atoms with Gasteiger partial charge in [0, 0.05) is 24.9 Å². The van der Waals surface area contributed by atoms with Crippen LogP contribution in [0.15, 0.2) is 59.7 Å². The normalized spacial score (nSPS) is 12.8. The second-order valence-corrected chi connectivity index (χ2v) is 5.38. The molecule has 0 amide bonds. The number of rotatable bonds is 9. The van der Waals surface area contributed by atoms with Crippen molar-refractivity contribution in [3.05, 3.63) is 66.0 Å². The summed E-state index contributed by atoms with van der Waals surface area (Å²) in [4.78, 5) is 8.35. The highest BCUT2D eigenvalue weighted by molar-refractivity contribution is 5.77. The highest BCUT2D eigenvalue weighted by atomic mass is 16.5. The van der Waals surface area contributed by atoms with Crippen LogP contribution in [0.3, 0.4) is 0 Å². The molecule has 4 N–H and O–H groups in total. The Balaban J connectivity index is 1.59. The molecule has 0 bridgehead atoms. The van der Waals surface area contributed by atoms with Gasteiger partial charge in [0.15, 0.2) is 5.96 Å². The summed E-state index contributed by atoms with van der Waals surface area (Å²) in [6.07, 6.45) is 1.85. The third-order valence-electron chi connectivity index (χ3n) is 3.31. The third-order valence-corrected chi connectivity index (χ3v) is 3.31. The Morgan fingerprint density at radius 3 is 2.75 bits per heavy atom. The number of aromatic nitrogens is 1. The highest BCUT2D eigenvalue weighted by Crippen LogP contribution is 2.01. The van der Waals surface area contributed by atoms with Gasteiger partial charge >= 0.3 is 0 Å². The average Bonchev–Trinajstić information content (AvgIpc) is 2.62. The van der Waals surface area contributed by atoms with E-state index in [1.807, 2.05) is 48.5 Å². The largest absolute Gasteiger partial charge is 0.389 e. The van der Waals surface area contributed by atoms with E-state index in [2.05, 4.69) is 15.3 Å². The van der Waals surface area contributed by atoms with Crippen LogP contribution in [0, 0.1) is 0 Å². The van der Waals surface area contributed by atoms with Gasteiger partial charge in [-0.25, -0.2) is 0 Å². The first kappa shape index (κ1) is 17.9. The summed E-state index contributed by atoms with van der Waals surface area (Å²) in [5.41, 5.74) is 7.84. The topological polar surface area (TPSA) is 92.8 Å². The molecule has 1 aromatic heterocycles. The fraction of sp³-hybridized carbons (Fsp3) is 0.333. The third kappa shape index (κ3) is 7.21. The minimum Gasteiger partial charge on any atom is -0.389 e. The van der Waals surface area contributed by atoms with Gasteiger partial charge in [-0.05, 0) is 17.7 Å². The summed E-state index contributed by atoms with van der Waals surface area (Å²) < 4.78 is 5.46. The number of nitrogens with zero attached hydrogens (tertiary/aromatic N) is 2. The van der Waals surface area contributed by atoms with Crippen molar-refractivity contribution in [2.24, 2.45) is 10.7 Å². The first-order chi connectivity index (χ1) is 11.7. The number of nitrogens with one attached hydrogen (secondary N) is 1. The van der Waals surface area contributed by atoms with E-state index in [9.17, 15) is 5.11 Å². The zero-order valence-corrected chi connectivity index (χ0v) is 13.6. The molecule has 1 unspecified atom stereocenters. The second kappa shape index (κ2) is 10.4. The van der Waals surface area contributed by atoms with Crippen LogP contribution in [0.25, 0.3) is 0 Å². The van der Waals surface area contributed by atoms with E-state index >= 15 is 0 Å². The van der Waals surface area contributed by atoms with Gasteiger partial charge in [-0.15, -0.1) is 0 Å². The first-order valence-electron chi connectivity index (χ1n) is 7.97. The molecule has 0 fully saturated rings. The van der Waals surface area contributed by atoms with Crippen LogP contribution >= 0.6 is 0 Å². The fourth-order valence-electron chi connectivity index (χ4n) is 2.06. The van der Waals surface area contributed by atoms with Crippen molar-refractivity contribution in [3.63, 3.8) is 0 Å². The van der Waals surface area contributed by atoms with E-state index in [4.69, 9.17) is 10.5 Å². The standard InChI is InChI=1S/C18H24N4O2/c19-18(21-11-9-16-8-4-5-10-20-16)22-12-17(23)14-24-13-15-6-2-1-3-7-15/h1-8,10,17,23H,9,11-14H2,(H3,19,21,22).